The van der Waals surface area contributed by atoms with Gasteiger partial charge in [-0.15, -0.1) is 0 Å². The molecule has 1 saturated heterocycles. The molecule has 1 heterocycles. The Morgan fingerprint density at radius 1 is 1.20 bits per heavy atom. The molecule has 1 aromatic rings. The molecule has 0 amide bonds. The Morgan fingerprint density at radius 2 is 1.75 bits per heavy atom. The first-order valence-corrected chi connectivity index (χ1v) is 9.50. The summed E-state index contributed by atoms with van der Waals surface area (Å²) >= 11 is 4.86. The molecule has 9 heteroatoms. The molecule has 2 rings (SSSR count). The maximum atomic E-state index is 12.5. The standard InChI is InChI=1S/C11H14N2O4S3/c12-11(18)9-3-1-2-4-10(9)20(16,17)13-5-7-19(14,15)8-6-13/h1-4H,5-8H2,(H2,12,18). The second-order valence-electron chi connectivity index (χ2n) is 4.42. The minimum Gasteiger partial charge on any atom is -0.389 e. The van der Waals surface area contributed by atoms with Crippen molar-refractivity contribution >= 4 is 37.1 Å². The number of rotatable bonds is 3. The van der Waals surface area contributed by atoms with E-state index in [4.69, 9.17) is 18.0 Å². The Morgan fingerprint density at radius 3 is 2.30 bits per heavy atom. The number of nitrogens with two attached hydrogens (primary N) is 1. The van der Waals surface area contributed by atoms with E-state index in [0.29, 0.717) is 0 Å². The van der Waals surface area contributed by atoms with Crippen molar-refractivity contribution in [2.45, 2.75) is 4.90 Å². The van der Waals surface area contributed by atoms with Gasteiger partial charge in [0.15, 0.2) is 9.84 Å². The number of thiocarbonyl (C=S) groups is 1. The number of sulfone groups is 1. The molecule has 20 heavy (non-hydrogen) atoms. The molecule has 0 aromatic heterocycles. The molecule has 0 unspecified atom stereocenters. The summed E-state index contributed by atoms with van der Waals surface area (Å²) in [5.74, 6) is -0.330. The lowest BCUT2D eigenvalue weighted by Gasteiger charge is -2.26. The van der Waals surface area contributed by atoms with Crippen LogP contribution >= 0.6 is 12.2 Å². The van der Waals surface area contributed by atoms with Crippen LogP contribution in [-0.4, -0.2) is 50.7 Å². The zero-order chi connectivity index (χ0) is 15.0. The summed E-state index contributed by atoms with van der Waals surface area (Å²) in [4.78, 5) is 0.0144. The third-order valence-corrected chi connectivity index (χ3v) is 6.86. The number of benzene rings is 1. The lowest BCUT2D eigenvalue weighted by atomic mass is 10.2. The van der Waals surface area contributed by atoms with Crippen molar-refractivity contribution in [1.82, 2.24) is 4.31 Å². The van der Waals surface area contributed by atoms with Crippen LogP contribution in [0, 0.1) is 0 Å². The van der Waals surface area contributed by atoms with Crippen LogP contribution in [0.5, 0.6) is 0 Å². The summed E-state index contributed by atoms with van der Waals surface area (Å²) in [6.45, 7) is -0.0906. The number of hydrogen-bond donors (Lipinski definition) is 1. The minimum absolute atomic E-state index is 0.00574. The predicted molar refractivity (Wildman–Crippen MR) is 79.7 cm³/mol. The van der Waals surface area contributed by atoms with Crippen molar-refractivity contribution in [3.05, 3.63) is 29.8 Å². The Bertz CT molecular complexity index is 727. The zero-order valence-corrected chi connectivity index (χ0v) is 13.0. The second-order valence-corrected chi connectivity index (χ2v) is 9.07. The van der Waals surface area contributed by atoms with Crippen molar-refractivity contribution < 1.29 is 16.8 Å². The van der Waals surface area contributed by atoms with E-state index in [1.807, 2.05) is 0 Å². The molecule has 0 bridgehead atoms. The molecule has 0 aliphatic carbocycles. The van der Waals surface area contributed by atoms with Crippen LogP contribution in [0.25, 0.3) is 0 Å². The quantitative estimate of drug-likeness (QED) is 0.765. The van der Waals surface area contributed by atoms with Gasteiger partial charge >= 0.3 is 0 Å². The van der Waals surface area contributed by atoms with Gasteiger partial charge in [0.1, 0.15) is 4.99 Å². The van der Waals surface area contributed by atoms with E-state index in [0.717, 1.165) is 4.31 Å². The molecule has 0 atom stereocenters. The third-order valence-electron chi connectivity index (χ3n) is 3.07. The van der Waals surface area contributed by atoms with E-state index in [-0.39, 0.29) is 40.0 Å². The average molecular weight is 334 g/mol. The predicted octanol–water partition coefficient (Wildman–Crippen LogP) is -0.260. The number of hydrogen-bond acceptors (Lipinski definition) is 5. The normalized spacial score (nSPS) is 19.6. The largest absolute Gasteiger partial charge is 0.389 e. The molecule has 1 fully saturated rings. The fraction of sp³-hybridized carbons (Fsp3) is 0.364. The molecular formula is C11H14N2O4S3. The van der Waals surface area contributed by atoms with E-state index >= 15 is 0 Å². The molecule has 1 aliphatic heterocycles. The van der Waals surface area contributed by atoms with Gasteiger partial charge in [-0.2, -0.15) is 4.31 Å². The van der Waals surface area contributed by atoms with Crippen molar-refractivity contribution in [3.8, 4) is 0 Å². The highest BCUT2D eigenvalue weighted by Crippen LogP contribution is 2.21. The molecule has 0 saturated carbocycles. The molecule has 0 radical (unpaired) electrons. The van der Waals surface area contributed by atoms with Gasteiger partial charge in [-0.1, -0.05) is 30.4 Å². The molecule has 2 N–H and O–H groups in total. The van der Waals surface area contributed by atoms with Gasteiger partial charge in [0, 0.05) is 18.7 Å². The van der Waals surface area contributed by atoms with Crippen molar-refractivity contribution in [2.75, 3.05) is 24.6 Å². The maximum absolute atomic E-state index is 12.5. The summed E-state index contributed by atoms with van der Waals surface area (Å²) in [5, 5.41) is 0. The first-order chi connectivity index (χ1) is 9.24. The highest BCUT2D eigenvalue weighted by molar-refractivity contribution is 7.92. The smallest absolute Gasteiger partial charge is 0.243 e. The van der Waals surface area contributed by atoms with Crippen LogP contribution in [0.3, 0.4) is 0 Å². The van der Waals surface area contributed by atoms with Crippen molar-refractivity contribution in [3.63, 3.8) is 0 Å². The summed E-state index contributed by atoms with van der Waals surface area (Å²) in [6, 6.07) is 6.19. The SMILES string of the molecule is NC(=S)c1ccccc1S(=O)(=O)N1CCS(=O)(=O)CC1. The van der Waals surface area contributed by atoms with Crippen LogP contribution in [0.15, 0.2) is 29.2 Å². The Balaban J connectivity index is 2.40. The highest BCUT2D eigenvalue weighted by Gasteiger charge is 2.32. The minimum atomic E-state index is -3.79. The fourth-order valence-electron chi connectivity index (χ4n) is 1.97. The molecular weight excluding hydrogens is 320 g/mol. The van der Waals surface area contributed by atoms with Gasteiger partial charge in [0.25, 0.3) is 0 Å². The van der Waals surface area contributed by atoms with Gasteiger partial charge in [-0.05, 0) is 6.07 Å². The van der Waals surface area contributed by atoms with Gasteiger partial charge in [0.05, 0.1) is 16.4 Å². The fourth-order valence-corrected chi connectivity index (χ4v) is 5.29. The summed E-state index contributed by atoms with van der Waals surface area (Å²) < 4.78 is 49.0. The van der Waals surface area contributed by atoms with Crippen molar-refractivity contribution in [2.24, 2.45) is 5.73 Å². The monoisotopic (exact) mass is 334 g/mol. The molecule has 1 aliphatic rings. The Kier molecular flexibility index (Phi) is 4.14. The van der Waals surface area contributed by atoms with E-state index in [1.54, 1.807) is 12.1 Å². The van der Waals surface area contributed by atoms with Crippen LogP contribution in [0.4, 0.5) is 0 Å². The lowest BCUT2D eigenvalue weighted by molar-refractivity contribution is 0.430. The molecule has 6 nitrogen and oxygen atoms in total. The highest BCUT2D eigenvalue weighted by atomic mass is 32.2. The molecule has 1 aromatic carbocycles. The first-order valence-electron chi connectivity index (χ1n) is 5.83. The van der Waals surface area contributed by atoms with Gasteiger partial charge in [-0.3, -0.25) is 0 Å². The Labute approximate surface area is 123 Å². The summed E-state index contributed by atoms with van der Waals surface area (Å²) in [7, 11) is -6.93. The van der Waals surface area contributed by atoms with E-state index in [2.05, 4.69) is 0 Å². The average Bonchev–Trinajstić information content (AvgIpc) is 2.38. The number of sulfonamides is 1. The first kappa shape index (κ1) is 15.4. The van der Waals surface area contributed by atoms with E-state index in [9.17, 15) is 16.8 Å². The van der Waals surface area contributed by atoms with Crippen LogP contribution < -0.4 is 5.73 Å². The Hall–Kier alpha value is -1.03. The lowest BCUT2D eigenvalue weighted by Crippen LogP contribution is -2.44. The maximum Gasteiger partial charge on any atom is 0.243 e. The second kappa shape index (κ2) is 5.40. The molecule has 110 valence electrons. The van der Waals surface area contributed by atoms with Crippen LogP contribution in [-0.2, 0) is 19.9 Å². The van der Waals surface area contributed by atoms with Gasteiger partial charge in [-0.25, -0.2) is 16.8 Å². The van der Waals surface area contributed by atoms with E-state index in [1.165, 1.54) is 12.1 Å². The van der Waals surface area contributed by atoms with Gasteiger partial charge < -0.3 is 5.73 Å². The third kappa shape index (κ3) is 3.00. The summed E-state index contributed by atoms with van der Waals surface area (Å²) in [6.07, 6.45) is 0. The van der Waals surface area contributed by atoms with Gasteiger partial charge in [0.2, 0.25) is 10.0 Å². The van der Waals surface area contributed by atoms with Crippen molar-refractivity contribution in [1.29, 1.82) is 0 Å². The topological polar surface area (TPSA) is 97.5 Å². The van der Waals surface area contributed by atoms with Crippen LogP contribution in [0.1, 0.15) is 5.56 Å². The number of nitrogens with zero attached hydrogens (tertiary/aromatic N) is 1. The summed E-state index contributed by atoms with van der Waals surface area (Å²) in [5.41, 5.74) is 5.81. The van der Waals surface area contributed by atoms with Crippen LogP contribution in [0.2, 0.25) is 0 Å². The van der Waals surface area contributed by atoms with E-state index < -0.39 is 19.9 Å². The zero-order valence-electron chi connectivity index (χ0n) is 10.5. The molecule has 0 spiro atoms.